The second-order valence-corrected chi connectivity index (χ2v) is 6.43. The van der Waals surface area contributed by atoms with Gasteiger partial charge in [0.15, 0.2) is 0 Å². The van der Waals surface area contributed by atoms with Crippen LogP contribution in [0.5, 0.6) is 0 Å². The molecule has 0 aliphatic carbocycles. The van der Waals surface area contributed by atoms with Crippen LogP contribution in [0.15, 0.2) is 12.4 Å². The predicted octanol–water partition coefficient (Wildman–Crippen LogP) is 1.53. The lowest BCUT2D eigenvalue weighted by Gasteiger charge is -2.32. The summed E-state index contributed by atoms with van der Waals surface area (Å²) >= 11 is 0. The fraction of sp³-hybridized carbons (Fsp3) is 0.750. The molecule has 2 fully saturated rings. The smallest absolute Gasteiger partial charge is 0.236 e. The fourth-order valence-corrected chi connectivity index (χ4v) is 3.46. The van der Waals surface area contributed by atoms with E-state index >= 15 is 0 Å². The number of rotatable bonds is 4. The Balaban J connectivity index is 1.42. The number of nitrogens with zero attached hydrogens (tertiary/aromatic N) is 4. The summed E-state index contributed by atoms with van der Waals surface area (Å²) in [5, 5.41) is 0. The first kappa shape index (κ1) is 14.6. The Morgan fingerprint density at radius 1 is 1.24 bits per heavy atom. The maximum atomic E-state index is 12.2. The van der Waals surface area contributed by atoms with Crippen LogP contribution in [-0.4, -0.2) is 58.0 Å². The Morgan fingerprint density at radius 3 is 2.57 bits per heavy atom. The van der Waals surface area contributed by atoms with Crippen molar-refractivity contribution in [2.75, 3.05) is 32.7 Å². The van der Waals surface area contributed by atoms with E-state index in [2.05, 4.69) is 27.6 Å². The molecule has 1 amide bonds. The van der Waals surface area contributed by atoms with Gasteiger partial charge in [-0.2, -0.15) is 0 Å². The highest BCUT2D eigenvalue weighted by Gasteiger charge is 2.24. The summed E-state index contributed by atoms with van der Waals surface area (Å²) in [5.41, 5.74) is 0. The lowest BCUT2D eigenvalue weighted by Crippen LogP contribution is -2.43. The van der Waals surface area contributed by atoms with Gasteiger partial charge in [-0.25, -0.2) is 4.98 Å². The summed E-state index contributed by atoms with van der Waals surface area (Å²) < 4.78 is 2.25. The SMILES string of the molecule is Cc1nccn1CC1CCN(CC(=O)N2CCCC2)CC1. The van der Waals surface area contributed by atoms with E-state index in [1.54, 1.807) is 0 Å². The second kappa shape index (κ2) is 6.60. The van der Waals surface area contributed by atoms with Gasteiger partial charge in [0, 0.05) is 32.0 Å². The zero-order valence-corrected chi connectivity index (χ0v) is 13.0. The van der Waals surface area contributed by atoms with Crippen molar-refractivity contribution in [1.82, 2.24) is 19.4 Å². The third-order valence-corrected chi connectivity index (χ3v) is 4.90. The van der Waals surface area contributed by atoms with Gasteiger partial charge in [0.2, 0.25) is 5.91 Å². The number of carbonyl (C=O) groups excluding carboxylic acids is 1. The van der Waals surface area contributed by atoms with Crippen molar-refractivity contribution in [3.8, 4) is 0 Å². The summed E-state index contributed by atoms with van der Waals surface area (Å²) in [6, 6.07) is 0. The molecule has 0 saturated carbocycles. The lowest BCUT2D eigenvalue weighted by molar-refractivity contribution is -0.131. The summed E-state index contributed by atoms with van der Waals surface area (Å²) in [6.45, 7) is 7.79. The fourth-order valence-electron chi connectivity index (χ4n) is 3.46. The van der Waals surface area contributed by atoms with Crippen LogP contribution >= 0.6 is 0 Å². The van der Waals surface area contributed by atoms with Crippen LogP contribution in [0.3, 0.4) is 0 Å². The van der Waals surface area contributed by atoms with Crippen molar-refractivity contribution in [3.05, 3.63) is 18.2 Å². The highest BCUT2D eigenvalue weighted by atomic mass is 16.2. The van der Waals surface area contributed by atoms with Crippen LogP contribution in [-0.2, 0) is 11.3 Å². The maximum Gasteiger partial charge on any atom is 0.236 e. The van der Waals surface area contributed by atoms with Crippen molar-refractivity contribution in [2.45, 2.75) is 39.2 Å². The molecule has 5 nitrogen and oxygen atoms in total. The van der Waals surface area contributed by atoms with Crippen LogP contribution in [0, 0.1) is 12.8 Å². The summed E-state index contributed by atoms with van der Waals surface area (Å²) in [5.74, 6) is 2.15. The minimum Gasteiger partial charge on any atom is -0.342 e. The van der Waals surface area contributed by atoms with Gasteiger partial charge in [-0.05, 0) is 51.6 Å². The molecular weight excluding hydrogens is 264 g/mol. The number of piperidine rings is 1. The zero-order chi connectivity index (χ0) is 14.7. The van der Waals surface area contributed by atoms with Gasteiger partial charge < -0.3 is 9.47 Å². The highest BCUT2D eigenvalue weighted by molar-refractivity contribution is 5.78. The number of hydrogen-bond acceptors (Lipinski definition) is 3. The van der Waals surface area contributed by atoms with E-state index in [-0.39, 0.29) is 0 Å². The molecule has 3 heterocycles. The Kier molecular flexibility index (Phi) is 4.58. The minimum absolute atomic E-state index is 0.330. The van der Waals surface area contributed by atoms with Gasteiger partial charge in [-0.15, -0.1) is 0 Å². The topological polar surface area (TPSA) is 41.4 Å². The van der Waals surface area contributed by atoms with E-state index in [4.69, 9.17) is 0 Å². The molecule has 0 unspecified atom stereocenters. The van der Waals surface area contributed by atoms with Crippen molar-refractivity contribution in [1.29, 1.82) is 0 Å². The Morgan fingerprint density at radius 2 is 1.95 bits per heavy atom. The number of carbonyl (C=O) groups is 1. The van der Waals surface area contributed by atoms with Crippen LogP contribution in [0.1, 0.15) is 31.5 Å². The molecular formula is C16H26N4O. The Bertz CT molecular complexity index is 470. The van der Waals surface area contributed by atoms with Gasteiger partial charge >= 0.3 is 0 Å². The van der Waals surface area contributed by atoms with Crippen molar-refractivity contribution in [2.24, 2.45) is 5.92 Å². The standard InChI is InChI=1S/C16H26N4O/c1-14-17-6-11-20(14)12-15-4-9-18(10-5-15)13-16(21)19-7-2-3-8-19/h6,11,15H,2-5,7-10,12-13H2,1H3. The van der Waals surface area contributed by atoms with Gasteiger partial charge in [-0.3, -0.25) is 9.69 Å². The first-order chi connectivity index (χ1) is 10.2. The summed E-state index contributed by atoms with van der Waals surface area (Å²) in [4.78, 5) is 20.8. The number of amides is 1. The zero-order valence-electron chi connectivity index (χ0n) is 13.0. The van der Waals surface area contributed by atoms with Crippen LogP contribution in [0.25, 0.3) is 0 Å². The predicted molar refractivity (Wildman–Crippen MR) is 81.9 cm³/mol. The first-order valence-corrected chi connectivity index (χ1v) is 8.20. The largest absolute Gasteiger partial charge is 0.342 e. The molecule has 2 saturated heterocycles. The number of aryl methyl sites for hydroxylation is 1. The van der Waals surface area contributed by atoms with Gasteiger partial charge in [0.25, 0.3) is 0 Å². The normalized spacial score (nSPS) is 21.1. The third kappa shape index (κ3) is 3.64. The van der Waals surface area contributed by atoms with E-state index in [1.165, 1.54) is 25.7 Å². The Hall–Kier alpha value is -1.36. The number of aromatic nitrogens is 2. The first-order valence-electron chi connectivity index (χ1n) is 8.20. The van der Waals surface area contributed by atoms with Crippen LogP contribution in [0.2, 0.25) is 0 Å². The number of imidazole rings is 1. The molecule has 1 aromatic rings. The van der Waals surface area contributed by atoms with E-state index in [0.29, 0.717) is 12.5 Å². The molecule has 0 spiro atoms. The van der Waals surface area contributed by atoms with Crippen molar-refractivity contribution >= 4 is 5.91 Å². The molecule has 3 rings (SSSR count). The summed E-state index contributed by atoms with van der Waals surface area (Å²) in [7, 11) is 0. The maximum absolute atomic E-state index is 12.2. The van der Waals surface area contributed by atoms with Gasteiger partial charge in [-0.1, -0.05) is 0 Å². The molecule has 21 heavy (non-hydrogen) atoms. The monoisotopic (exact) mass is 290 g/mol. The molecule has 0 aromatic carbocycles. The molecule has 0 atom stereocenters. The highest BCUT2D eigenvalue weighted by Crippen LogP contribution is 2.20. The van der Waals surface area contributed by atoms with Gasteiger partial charge in [0.1, 0.15) is 5.82 Å². The van der Waals surface area contributed by atoms with Gasteiger partial charge in [0.05, 0.1) is 6.54 Å². The van der Waals surface area contributed by atoms with E-state index in [0.717, 1.165) is 44.5 Å². The Labute approximate surface area is 126 Å². The molecule has 116 valence electrons. The molecule has 1 aromatic heterocycles. The molecule has 0 bridgehead atoms. The molecule has 0 N–H and O–H groups in total. The quantitative estimate of drug-likeness (QED) is 0.844. The van der Waals surface area contributed by atoms with Crippen LogP contribution in [0.4, 0.5) is 0 Å². The molecule has 2 aliphatic rings. The van der Waals surface area contributed by atoms with Crippen molar-refractivity contribution in [3.63, 3.8) is 0 Å². The van der Waals surface area contributed by atoms with E-state index < -0.39 is 0 Å². The lowest BCUT2D eigenvalue weighted by atomic mass is 9.96. The molecule has 5 heteroatoms. The number of hydrogen-bond donors (Lipinski definition) is 0. The summed E-state index contributed by atoms with van der Waals surface area (Å²) in [6.07, 6.45) is 8.67. The second-order valence-electron chi connectivity index (χ2n) is 6.43. The third-order valence-electron chi connectivity index (χ3n) is 4.90. The molecule has 2 aliphatic heterocycles. The average Bonchev–Trinajstić information content (AvgIpc) is 3.14. The number of likely N-dealkylation sites (tertiary alicyclic amines) is 2. The molecule has 0 radical (unpaired) electrons. The van der Waals surface area contributed by atoms with E-state index in [9.17, 15) is 4.79 Å². The van der Waals surface area contributed by atoms with Crippen molar-refractivity contribution < 1.29 is 4.79 Å². The average molecular weight is 290 g/mol. The minimum atomic E-state index is 0.330. The van der Waals surface area contributed by atoms with Crippen LogP contribution < -0.4 is 0 Å². The van der Waals surface area contributed by atoms with E-state index in [1.807, 2.05) is 11.1 Å².